The quantitative estimate of drug-likeness (QED) is 0.874. The Kier molecular flexibility index (Phi) is 5.44. The molecule has 1 atom stereocenters. The second-order valence-corrected chi connectivity index (χ2v) is 5.58. The van der Waals surface area contributed by atoms with Crippen molar-refractivity contribution in [3.05, 3.63) is 48.2 Å². The Morgan fingerprint density at radius 2 is 2.00 bits per heavy atom. The van der Waals surface area contributed by atoms with E-state index in [1.54, 1.807) is 18.9 Å². The lowest BCUT2D eigenvalue weighted by Gasteiger charge is -2.13. The molecular weight excluding hydrogens is 268 g/mol. The summed E-state index contributed by atoms with van der Waals surface area (Å²) < 4.78 is 5.16. The molecule has 1 heterocycles. The third-order valence-electron chi connectivity index (χ3n) is 3.05. The molecular formula is C16H20N2OS. The van der Waals surface area contributed by atoms with E-state index in [1.807, 2.05) is 30.5 Å². The molecule has 0 aliphatic rings. The number of rotatable bonds is 6. The summed E-state index contributed by atoms with van der Waals surface area (Å²) in [5, 5.41) is 4.43. The highest BCUT2D eigenvalue weighted by Crippen LogP contribution is 2.28. The molecule has 2 aromatic rings. The molecule has 0 radical (unpaired) electrons. The zero-order valence-corrected chi connectivity index (χ0v) is 12.9. The number of ether oxygens (including phenoxy) is 1. The molecule has 0 spiro atoms. The van der Waals surface area contributed by atoms with Crippen molar-refractivity contribution in [1.82, 2.24) is 10.3 Å². The molecule has 0 bridgehead atoms. The van der Waals surface area contributed by atoms with E-state index in [9.17, 15) is 0 Å². The Balaban J connectivity index is 2.10. The number of nitrogens with one attached hydrogen (secondary N) is 1. The number of nitrogens with zero attached hydrogens (tertiary/aromatic N) is 1. The maximum absolute atomic E-state index is 5.16. The highest BCUT2D eigenvalue weighted by atomic mass is 32.2. The van der Waals surface area contributed by atoms with Crippen LogP contribution in [-0.4, -0.2) is 18.6 Å². The zero-order chi connectivity index (χ0) is 14.4. The normalized spacial score (nSPS) is 12.2. The summed E-state index contributed by atoms with van der Waals surface area (Å²) in [7, 11) is 1.68. The van der Waals surface area contributed by atoms with Gasteiger partial charge in [0, 0.05) is 17.1 Å². The van der Waals surface area contributed by atoms with Crippen LogP contribution < -0.4 is 10.1 Å². The first-order valence-corrected chi connectivity index (χ1v) is 7.56. The van der Waals surface area contributed by atoms with Crippen molar-refractivity contribution in [3.63, 3.8) is 0 Å². The first-order chi connectivity index (χ1) is 9.72. The molecule has 4 heteroatoms. The minimum absolute atomic E-state index is 0.346. The Morgan fingerprint density at radius 3 is 2.65 bits per heavy atom. The Hall–Kier alpha value is -1.52. The fourth-order valence-electron chi connectivity index (χ4n) is 1.94. The average Bonchev–Trinajstić information content (AvgIpc) is 2.48. The molecule has 1 N–H and O–H groups in total. The molecule has 20 heavy (non-hydrogen) atoms. The highest BCUT2D eigenvalue weighted by molar-refractivity contribution is 7.99. The molecule has 0 aliphatic carbocycles. The molecule has 0 fully saturated rings. The predicted molar refractivity (Wildman–Crippen MR) is 83.4 cm³/mol. The van der Waals surface area contributed by atoms with Gasteiger partial charge in [-0.1, -0.05) is 18.7 Å². The van der Waals surface area contributed by atoms with Gasteiger partial charge in [-0.15, -0.1) is 0 Å². The van der Waals surface area contributed by atoms with Crippen LogP contribution >= 0.6 is 11.8 Å². The molecule has 1 aromatic carbocycles. The smallest absolute Gasteiger partial charge is 0.118 e. The molecule has 0 amide bonds. The fraction of sp³-hybridized carbons (Fsp3) is 0.312. The van der Waals surface area contributed by atoms with Gasteiger partial charge in [-0.25, -0.2) is 4.98 Å². The van der Waals surface area contributed by atoms with E-state index in [1.165, 1.54) is 5.56 Å². The lowest BCUT2D eigenvalue weighted by Crippen LogP contribution is -2.17. The zero-order valence-electron chi connectivity index (χ0n) is 12.1. The third kappa shape index (κ3) is 3.99. The largest absolute Gasteiger partial charge is 0.497 e. The molecule has 1 unspecified atom stereocenters. The van der Waals surface area contributed by atoms with Gasteiger partial charge in [0.05, 0.1) is 7.11 Å². The van der Waals surface area contributed by atoms with E-state index in [0.717, 1.165) is 22.2 Å². The molecule has 1 aromatic heterocycles. The van der Waals surface area contributed by atoms with Crippen molar-refractivity contribution in [3.8, 4) is 5.75 Å². The van der Waals surface area contributed by atoms with Crippen molar-refractivity contribution in [2.45, 2.75) is 29.8 Å². The van der Waals surface area contributed by atoms with Gasteiger partial charge in [0.2, 0.25) is 0 Å². The summed E-state index contributed by atoms with van der Waals surface area (Å²) in [5.74, 6) is 0.872. The van der Waals surface area contributed by atoms with Crippen molar-refractivity contribution in [2.24, 2.45) is 0 Å². The van der Waals surface area contributed by atoms with Gasteiger partial charge < -0.3 is 10.1 Å². The summed E-state index contributed by atoms with van der Waals surface area (Å²) in [6.07, 6.45) is 1.87. The molecule has 2 rings (SSSR count). The van der Waals surface area contributed by atoms with E-state index in [2.05, 4.69) is 36.3 Å². The minimum Gasteiger partial charge on any atom is -0.497 e. The van der Waals surface area contributed by atoms with Crippen LogP contribution in [0.2, 0.25) is 0 Å². The summed E-state index contributed by atoms with van der Waals surface area (Å²) in [5.41, 5.74) is 1.26. The Morgan fingerprint density at radius 1 is 1.25 bits per heavy atom. The molecule has 0 saturated carbocycles. The van der Waals surface area contributed by atoms with Crippen LogP contribution in [0.25, 0.3) is 0 Å². The van der Waals surface area contributed by atoms with Crippen molar-refractivity contribution in [1.29, 1.82) is 0 Å². The lowest BCUT2D eigenvalue weighted by atomic mass is 10.1. The monoisotopic (exact) mass is 288 g/mol. The summed E-state index contributed by atoms with van der Waals surface area (Å²) in [6, 6.07) is 12.6. The second-order valence-electron chi connectivity index (χ2n) is 4.48. The van der Waals surface area contributed by atoms with Crippen LogP contribution in [0.15, 0.2) is 52.5 Å². The number of benzene rings is 1. The predicted octanol–water partition coefficient (Wildman–Crippen LogP) is 3.91. The van der Waals surface area contributed by atoms with Gasteiger partial charge in [-0.05, 0) is 55.4 Å². The molecule has 3 nitrogen and oxygen atoms in total. The van der Waals surface area contributed by atoms with Crippen LogP contribution in [0, 0.1) is 0 Å². The van der Waals surface area contributed by atoms with Crippen molar-refractivity contribution in [2.75, 3.05) is 13.7 Å². The van der Waals surface area contributed by atoms with E-state index in [-0.39, 0.29) is 0 Å². The topological polar surface area (TPSA) is 34.2 Å². The second kappa shape index (κ2) is 7.31. The average molecular weight is 288 g/mol. The van der Waals surface area contributed by atoms with Gasteiger partial charge in [-0.2, -0.15) is 0 Å². The summed E-state index contributed by atoms with van der Waals surface area (Å²) in [4.78, 5) is 5.58. The van der Waals surface area contributed by atoms with Gasteiger partial charge in [0.15, 0.2) is 0 Å². The van der Waals surface area contributed by atoms with Crippen LogP contribution in [0.1, 0.15) is 25.5 Å². The van der Waals surface area contributed by atoms with E-state index >= 15 is 0 Å². The minimum atomic E-state index is 0.346. The first kappa shape index (κ1) is 14.9. The Labute approximate surface area is 124 Å². The Bertz CT molecular complexity index is 542. The van der Waals surface area contributed by atoms with E-state index in [0.29, 0.717) is 6.04 Å². The number of hydrogen-bond donors (Lipinski definition) is 1. The number of methoxy groups -OCH3 is 1. The SMILES string of the molecule is CCNC(C)c1ccnc(Sc2ccc(OC)cc2)c1. The number of pyridine rings is 1. The molecule has 0 saturated heterocycles. The summed E-state index contributed by atoms with van der Waals surface area (Å²) in [6.45, 7) is 5.25. The fourth-order valence-corrected chi connectivity index (χ4v) is 2.76. The standard InChI is InChI=1S/C16H20N2OS/c1-4-17-12(2)13-9-10-18-16(11-13)20-15-7-5-14(19-3)6-8-15/h5-12,17H,4H2,1-3H3. The summed E-state index contributed by atoms with van der Waals surface area (Å²) >= 11 is 1.66. The molecule has 106 valence electrons. The van der Waals surface area contributed by atoms with Gasteiger partial charge in [-0.3, -0.25) is 0 Å². The number of aromatic nitrogens is 1. The van der Waals surface area contributed by atoms with Crippen LogP contribution in [-0.2, 0) is 0 Å². The highest BCUT2D eigenvalue weighted by Gasteiger charge is 2.06. The van der Waals surface area contributed by atoms with Crippen LogP contribution in [0.4, 0.5) is 0 Å². The third-order valence-corrected chi connectivity index (χ3v) is 3.99. The van der Waals surface area contributed by atoms with Gasteiger partial charge >= 0.3 is 0 Å². The van der Waals surface area contributed by atoms with Gasteiger partial charge in [0.25, 0.3) is 0 Å². The van der Waals surface area contributed by atoms with Crippen LogP contribution in [0.3, 0.4) is 0 Å². The maximum atomic E-state index is 5.16. The van der Waals surface area contributed by atoms with E-state index < -0.39 is 0 Å². The van der Waals surface area contributed by atoms with Crippen molar-refractivity contribution < 1.29 is 4.74 Å². The van der Waals surface area contributed by atoms with E-state index in [4.69, 9.17) is 4.74 Å². The molecule has 0 aliphatic heterocycles. The first-order valence-electron chi connectivity index (χ1n) is 6.74. The van der Waals surface area contributed by atoms with Crippen molar-refractivity contribution >= 4 is 11.8 Å². The maximum Gasteiger partial charge on any atom is 0.118 e. The number of hydrogen-bond acceptors (Lipinski definition) is 4. The van der Waals surface area contributed by atoms with Gasteiger partial charge in [0.1, 0.15) is 10.8 Å². The van der Waals surface area contributed by atoms with Crippen LogP contribution in [0.5, 0.6) is 5.75 Å². The lowest BCUT2D eigenvalue weighted by molar-refractivity contribution is 0.414.